The molecule has 4 heteroatoms. The number of halogens is 2. The predicted molar refractivity (Wildman–Crippen MR) is 79.6 cm³/mol. The Balaban J connectivity index is 2.03. The maximum absolute atomic E-state index is 13.2. The van der Waals surface area contributed by atoms with Crippen molar-refractivity contribution in [2.45, 2.75) is 6.54 Å². The van der Waals surface area contributed by atoms with Gasteiger partial charge in [0.15, 0.2) is 0 Å². The minimum atomic E-state index is -0.249. The third-order valence-electron chi connectivity index (χ3n) is 3.16. The molecular formula is C15H12BrFN2. The number of nitrogens with zero attached hydrogens (tertiary/aromatic N) is 1. The topological polar surface area (TPSA) is 30.9 Å². The molecule has 3 aromatic rings. The van der Waals surface area contributed by atoms with Crippen LogP contribution in [0.15, 0.2) is 53.1 Å². The van der Waals surface area contributed by atoms with Crippen molar-refractivity contribution >= 4 is 32.5 Å². The van der Waals surface area contributed by atoms with Crippen LogP contribution in [0.5, 0.6) is 0 Å². The number of hydrogen-bond donors (Lipinski definition) is 1. The van der Waals surface area contributed by atoms with E-state index >= 15 is 0 Å². The molecule has 2 N–H and O–H groups in total. The van der Waals surface area contributed by atoms with Gasteiger partial charge in [0.1, 0.15) is 5.82 Å². The van der Waals surface area contributed by atoms with Gasteiger partial charge in [0.2, 0.25) is 0 Å². The number of hydrogen-bond acceptors (Lipinski definition) is 1. The molecule has 0 bridgehead atoms. The van der Waals surface area contributed by atoms with Crippen LogP contribution in [-0.4, -0.2) is 4.57 Å². The first-order valence-corrected chi connectivity index (χ1v) is 6.72. The molecule has 0 spiro atoms. The molecule has 3 rings (SSSR count). The zero-order valence-electron chi connectivity index (χ0n) is 10.1. The number of aromatic nitrogens is 1. The van der Waals surface area contributed by atoms with Gasteiger partial charge in [0.05, 0.1) is 15.7 Å². The Hall–Kier alpha value is -1.81. The first-order valence-electron chi connectivity index (χ1n) is 5.92. The summed E-state index contributed by atoms with van der Waals surface area (Å²) in [5.74, 6) is -0.249. The SMILES string of the molecule is Nc1cccc2ccn(Cc3ccc(F)c(Br)c3)c12. The molecule has 0 unspecified atom stereocenters. The lowest BCUT2D eigenvalue weighted by Crippen LogP contribution is -2.00. The van der Waals surface area contributed by atoms with Crippen molar-refractivity contribution in [2.75, 3.05) is 5.73 Å². The van der Waals surface area contributed by atoms with E-state index in [0.717, 1.165) is 22.2 Å². The number of para-hydroxylation sites is 1. The summed E-state index contributed by atoms with van der Waals surface area (Å²) in [6, 6.07) is 12.9. The van der Waals surface area contributed by atoms with Crippen LogP contribution in [0.4, 0.5) is 10.1 Å². The van der Waals surface area contributed by atoms with Crippen LogP contribution >= 0.6 is 15.9 Å². The Morgan fingerprint density at radius 1 is 1.16 bits per heavy atom. The van der Waals surface area contributed by atoms with Crippen molar-refractivity contribution in [1.29, 1.82) is 0 Å². The summed E-state index contributed by atoms with van der Waals surface area (Å²) in [6.07, 6.45) is 2.00. The molecule has 2 aromatic carbocycles. The van der Waals surface area contributed by atoms with Crippen LogP contribution in [0.1, 0.15) is 5.56 Å². The van der Waals surface area contributed by atoms with Crippen LogP contribution in [0, 0.1) is 5.82 Å². The highest BCUT2D eigenvalue weighted by Crippen LogP contribution is 2.24. The highest BCUT2D eigenvalue weighted by molar-refractivity contribution is 9.10. The normalized spacial score (nSPS) is 11.1. The Morgan fingerprint density at radius 2 is 2.00 bits per heavy atom. The minimum absolute atomic E-state index is 0.249. The third-order valence-corrected chi connectivity index (χ3v) is 3.76. The number of nitrogens with two attached hydrogens (primary N) is 1. The van der Waals surface area contributed by atoms with Crippen molar-refractivity contribution < 1.29 is 4.39 Å². The highest BCUT2D eigenvalue weighted by Gasteiger charge is 2.06. The minimum Gasteiger partial charge on any atom is -0.397 e. The van der Waals surface area contributed by atoms with Crippen LogP contribution in [0.3, 0.4) is 0 Å². The molecular weight excluding hydrogens is 307 g/mol. The van der Waals surface area contributed by atoms with Gasteiger partial charge >= 0.3 is 0 Å². The van der Waals surface area contributed by atoms with E-state index in [2.05, 4.69) is 20.5 Å². The molecule has 0 aliphatic carbocycles. The summed E-state index contributed by atoms with van der Waals surface area (Å²) < 4.78 is 15.8. The molecule has 1 heterocycles. The quantitative estimate of drug-likeness (QED) is 0.706. The Labute approximate surface area is 118 Å². The number of anilines is 1. The number of rotatable bonds is 2. The summed E-state index contributed by atoms with van der Waals surface area (Å²) >= 11 is 3.21. The third kappa shape index (κ3) is 2.24. The van der Waals surface area contributed by atoms with Crippen molar-refractivity contribution in [1.82, 2.24) is 4.57 Å². The second-order valence-electron chi connectivity index (χ2n) is 4.48. The van der Waals surface area contributed by atoms with Gasteiger partial charge < -0.3 is 10.3 Å². The second-order valence-corrected chi connectivity index (χ2v) is 5.33. The van der Waals surface area contributed by atoms with E-state index in [4.69, 9.17) is 5.73 Å². The summed E-state index contributed by atoms with van der Waals surface area (Å²) in [5.41, 5.74) is 8.81. The van der Waals surface area contributed by atoms with E-state index in [-0.39, 0.29) is 5.82 Å². The van der Waals surface area contributed by atoms with Gasteiger partial charge in [-0.05, 0) is 45.8 Å². The maximum Gasteiger partial charge on any atom is 0.137 e. The Kier molecular flexibility index (Phi) is 3.03. The van der Waals surface area contributed by atoms with Gasteiger partial charge in [-0.25, -0.2) is 4.39 Å². The molecule has 0 radical (unpaired) electrons. The lowest BCUT2D eigenvalue weighted by atomic mass is 10.2. The van der Waals surface area contributed by atoms with Gasteiger partial charge in [-0.2, -0.15) is 0 Å². The fraction of sp³-hybridized carbons (Fsp3) is 0.0667. The number of benzene rings is 2. The lowest BCUT2D eigenvalue weighted by Gasteiger charge is -2.08. The standard InChI is InChI=1S/C15H12BrFN2/c16-12-8-10(4-5-13(12)17)9-19-7-6-11-2-1-3-14(18)15(11)19/h1-8H,9,18H2. The lowest BCUT2D eigenvalue weighted by molar-refractivity contribution is 0.619. The summed E-state index contributed by atoms with van der Waals surface area (Å²) in [7, 11) is 0. The summed E-state index contributed by atoms with van der Waals surface area (Å²) in [6.45, 7) is 0.663. The monoisotopic (exact) mass is 318 g/mol. The van der Waals surface area contributed by atoms with Crippen molar-refractivity contribution in [3.05, 3.63) is 64.5 Å². The first-order chi connectivity index (χ1) is 9.15. The van der Waals surface area contributed by atoms with Crippen LogP contribution in [0.25, 0.3) is 10.9 Å². The van der Waals surface area contributed by atoms with E-state index < -0.39 is 0 Å². The highest BCUT2D eigenvalue weighted by atomic mass is 79.9. The maximum atomic E-state index is 13.2. The van der Waals surface area contributed by atoms with Gasteiger partial charge in [0, 0.05) is 18.1 Å². The molecule has 0 saturated heterocycles. The molecule has 0 amide bonds. The van der Waals surface area contributed by atoms with Gasteiger partial charge in [-0.15, -0.1) is 0 Å². The van der Waals surface area contributed by atoms with E-state index in [1.165, 1.54) is 6.07 Å². The van der Waals surface area contributed by atoms with Crippen molar-refractivity contribution in [3.8, 4) is 0 Å². The molecule has 0 aliphatic heterocycles. The molecule has 96 valence electrons. The fourth-order valence-corrected chi connectivity index (χ4v) is 2.68. The predicted octanol–water partition coefficient (Wildman–Crippen LogP) is 4.17. The zero-order chi connectivity index (χ0) is 13.4. The Bertz CT molecular complexity index is 749. The molecule has 0 aliphatic rings. The van der Waals surface area contributed by atoms with Crippen LogP contribution in [-0.2, 0) is 6.54 Å². The zero-order valence-corrected chi connectivity index (χ0v) is 11.7. The molecule has 0 atom stereocenters. The van der Waals surface area contributed by atoms with Gasteiger partial charge in [0.25, 0.3) is 0 Å². The van der Waals surface area contributed by atoms with Gasteiger partial charge in [-0.3, -0.25) is 0 Å². The molecule has 2 nitrogen and oxygen atoms in total. The summed E-state index contributed by atoms with van der Waals surface area (Å²) in [5, 5.41) is 1.11. The van der Waals surface area contributed by atoms with E-state index in [1.54, 1.807) is 12.1 Å². The summed E-state index contributed by atoms with van der Waals surface area (Å²) in [4.78, 5) is 0. The van der Waals surface area contributed by atoms with E-state index in [9.17, 15) is 4.39 Å². The molecule has 19 heavy (non-hydrogen) atoms. The number of fused-ring (bicyclic) bond motifs is 1. The number of nitrogen functional groups attached to an aromatic ring is 1. The second kappa shape index (κ2) is 4.70. The van der Waals surface area contributed by atoms with E-state index in [0.29, 0.717) is 11.0 Å². The first kappa shape index (κ1) is 12.2. The average molecular weight is 319 g/mol. The van der Waals surface area contributed by atoms with Crippen molar-refractivity contribution in [2.24, 2.45) is 0 Å². The van der Waals surface area contributed by atoms with Crippen LogP contribution in [0.2, 0.25) is 0 Å². The molecule has 0 saturated carbocycles. The smallest absolute Gasteiger partial charge is 0.137 e. The average Bonchev–Trinajstić information content (AvgIpc) is 2.79. The van der Waals surface area contributed by atoms with E-state index in [1.807, 2.05) is 30.5 Å². The van der Waals surface area contributed by atoms with Gasteiger partial charge in [-0.1, -0.05) is 18.2 Å². The Morgan fingerprint density at radius 3 is 2.79 bits per heavy atom. The van der Waals surface area contributed by atoms with Crippen LogP contribution < -0.4 is 5.73 Å². The fourth-order valence-electron chi connectivity index (χ4n) is 2.26. The van der Waals surface area contributed by atoms with Crippen molar-refractivity contribution in [3.63, 3.8) is 0 Å². The molecule has 0 fully saturated rings. The largest absolute Gasteiger partial charge is 0.397 e. The molecule has 1 aromatic heterocycles.